The fourth-order valence-electron chi connectivity index (χ4n) is 1.90. The van der Waals surface area contributed by atoms with Crippen molar-refractivity contribution >= 4 is 10.1 Å². The summed E-state index contributed by atoms with van der Waals surface area (Å²) in [5, 5.41) is 0. The molecule has 1 aromatic carbocycles. The number of rotatable bonds is 8. The smallest absolute Gasteiger partial charge is 0.294 e. The van der Waals surface area contributed by atoms with Gasteiger partial charge in [0.25, 0.3) is 10.1 Å². The third-order valence-corrected chi connectivity index (χ3v) is 4.10. The Morgan fingerprint density at radius 2 is 1.80 bits per heavy atom. The van der Waals surface area contributed by atoms with E-state index < -0.39 is 10.1 Å². The van der Waals surface area contributed by atoms with Crippen LogP contribution in [-0.4, -0.2) is 25.7 Å². The lowest BCUT2D eigenvalue weighted by atomic mass is 9.99. The van der Waals surface area contributed by atoms with Crippen molar-refractivity contribution in [3.63, 3.8) is 0 Å². The SMILES string of the molecule is CCCCOC(Cc1ccc(S(=O)(=O)O)cc1)C(C)C. The molecule has 0 fully saturated rings. The van der Waals surface area contributed by atoms with Crippen LogP contribution in [-0.2, 0) is 21.3 Å². The van der Waals surface area contributed by atoms with Crippen LogP contribution in [0.1, 0.15) is 39.2 Å². The Kier molecular flexibility index (Phi) is 6.65. The van der Waals surface area contributed by atoms with Gasteiger partial charge in [0.1, 0.15) is 0 Å². The molecule has 0 amide bonds. The van der Waals surface area contributed by atoms with Crippen LogP contribution in [0.3, 0.4) is 0 Å². The number of hydrogen-bond acceptors (Lipinski definition) is 3. The van der Waals surface area contributed by atoms with Crippen LogP contribution in [0.25, 0.3) is 0 Å². The van der Waals surface area contributed by atoms with Crippen LogP contribution in [0.4, 0.5) is 0 Å². The molecule has 4 nitrogen and oxygen atoms in total. The highest BCUT2D eigenvalue weighted by molar-refractivity contribution is 7.85. The summed E-state index contributed by atoms with van der Waals surface area (Å²) in [6.07, 6.45) is 3.02. The van der Waals surface area contributed by atoms with Gasteiger partial charge >= 0.3 is 0 Å². The van der Waals surface area contributed by atoms with E-state index in [2.05, 4.69) is 20.8 Å². The second-order valence-electron chi connectivity index (χ2n) is 5.33. The van der Waals surface area contributed by atoms with E-state index in [-0.39, 0.29) is 11.0 Å². The van der Waals surface area contributed by atoms with Gasteiger partial charge in [0.15, 0.2) is 0 Å². The quantitative estimate of drug-likeness (QED) is 0.591. The molecule has 0 saturated carbocycles. The fourth-order valence-corrected chi connectivity index (χ4v) is 2.38. The molecule has 1 aromatic rings. The van der Waals surface area contributed by atoms with Gasteiger partial charge in [-0.2, -0.15) is 8.42 Å². The van der Waals surface area contributed by atoms with Gasteiger partial charge in [-0.25, -0.2) is 0 Å². The van der Waals surface area contributed by atoms with Gasteiger partial charge in [-0.15, -0.1) is 0 Å². The highest BCUT2D eigenvalue weighted by atomic mass is 32.2. The van der Waals surface area contributed by atoms with Crippen molar-refractivity contribution in [2.24, 2.45) is 5.92 Å². The molecular weight excluding hydrogens is 276 g/mol. The molecule has 0 aliphatic carbocycles. The Bertz CT molecular complexity index is 491. The summed E-state index contributed by atoms with van der Waals surface area (Å²) < 4.78 is 36.8. The molecule has 0 bridgehead atoms. The normalized spacial score (nSPS) is 13.7. The van der Waals surface area contributed by atoms with E-state index in [0.29, 0.717) is 5.92 Å². The van der Waals surface area contributed by atoms with Crippen LogP contribution >= 0.6 is 0 Å². The van der Waals surface area contributed by atoms with Crippen LogP contribution < -0.4 is 0 Å². The number of hydrogen-bond donors (Lipinski definition) is 1. The predicted molar refractivity (Wildman–Crippen MR) is 79.4 cm³/mol. The first-order valence-electron chi connectivity index (χ1n) is 7.02. The predicted octanol–water partition coefficient (Wildman–Crippen LogP) is 3.32. The number of ether oxygens (including phenoxy) is 1. The first-order valence-corrected chi connectivity index (χ1v) is 8.46. The lowest BCUT2D eigenvalue weighted by Gasteiger charge is -2.21. The average molecular weight is 300 g/mol. The Balaban J connectivity index is 2.69. The molecule has 0 aromatic heterocycles. The highest BCUT2D eigenvalue weighted by Crippen LogP contribution is 2.16. The maximum Gasteiger partial charge on any atom is 0.294 e. The first-order chi connectivity index (χ1) is 9.34. The third-order valence-electron chi connectivity index (χ3n) is 3.23. The summed E-state index contributed by atoms with van der Waals surface area (Å²) in [7, 11) is -4.11. The zero-order valence-electron chi connectivity index (χ0n) is 12.4. The van der Waals surface area contributed by atoms with Crippen molar-refractivity contribution in [1.82, 2.24) is 0 Å². The third kappa shape index (κ3) is 5.61. The lowest BCUT2D eigenvalue weighted by molar-refractivity contribution is 0.0213. The lowest BCUT2D eigenvalue weighted by Crippen LogP contribution is -2.23. The standard InChI is InChI=1S/C15H24O4S/c1-4-5-10-19-15(12(2)3)11-13-6-8-14(9-7-13)20(16,17)18/h6-9,12,15H,4-5,10-11H2,1-3H3,(H,16,17,18). The number of unbranched alkanes of at least 4 members (excludes halogenated alkanes) is 1. The minimum Gasteiger partial charge on any atom is -0.378 e. The van der Waals surface area contributed by atoms with Gasteiger partial charge in [0.2, 0.25) is 0 Å². The monoisotopic (exact) mass is 300 g/mol. The summed E-state index contributed by atoms with van der Waals surface area (Å²) in [6.45, 7) is 7.11. The molecule has 0 heterocycles. The highest BCUT2D eigenvalue weighted by Gasteiger charge is 2.15. The van der Waals surface area contributed by atoms with Crippen molar-refractivity contribution in [1.29, 1.82) is 0 Å². The Hall–Kier alpha value is -0.910. The van der Waals surface area contributed by atoms with Crippen LogP contribution in [0.2, 0.25) is 0 Å². The summed E-state index contributed by atoms with van der Waals surface area (Å²) in [5.74, 6) is 0.396. The van der Waals surface area contributed by atoms with E-state index >= 15 is 0 Å². The fraction of sp³-hybridized carbons (Fsp3) is 0.600. The molecule has 0 saturated heterocycles. The zero-order valence-corrected chi connectivity index (χ0v) is 13.2. The van der Waals surface area contributed by atoms with Crippen LogP contribution in [0.15, 0.2) is 29.2 Å². The van der Waals surface area contributed by atoms with E-state index in [1.54, 1.807) is 12.1 Å². The zero-order chi connectivity index (χ0) is 15.2. The van der Waals surface area contributed by atoms with E-state index in [0.717, 1.165) is 31.4 Å². The van der Waals surface area contributed by atoms with Gasteiger partial charge in [0, 0.05) is 6.61 Å². The molecule has 0 radical (unpaired) electrons. The molecule has 0 aliphatic heterocycles. The molecule has 114 valence electrons. The molecule has 5 heteroatoms. The maximum atomic E-state index is 11.0. The van der Waals surface area contributed by atoms with Gasteiger partial charge < -0.3 is 4.74 Å². The van der Waals surface area contributed by atoms with E-state index in [1.165, 1.54) is 12.1 Å². The summed E-state index contributed by atoms with van der Waals surface area (Å²) in [6, 6.07) is 6.30. The number of benzene rings is 1. The molecule has 20 heavy (non-hydrogen) atoms. The van der Waals surface area contributed by atoms with Crippen LogP contribution in [0, 0.1) is 5.92 Å². The van der Waals surface area contributed by atoms with Crippen molar-refractivity contribution in [2.45, 2.75) is 51.0 Å². The van der Waals surface area contributed by atoms with Gasteiger partial charge in [-0.1, -0.05) is 39.3 Å². The largest absolute Gasteiger partial charge is 0.378 e. The molecule has 1 rings (SSSR count). The van der Waals surface area contributed by atoms with Crippen LogP contribution in [0.5, 0.6) is 0 Å². The summed E-state index contributed by atoms with van der Waals surface area (Å²) >= 11 is 0. The van der Waals surface area contributed by atoms with E-state index in [1.807, 2.05) is 0 Å². The topological polar surface area (TPSA) is 63.6 Å². The first kappa shape index (κ1) is 17.1. The second kappa shape index (κ2) is 7.76. The second-order valence-corrected chi connectivity index (χ2v) is 6.75. The van der Waals surface area contributed by atoms with Crippen molar-refractivity contribution in [3.8, 4) is 0 Å². The van der Waals surface area contributed by atoms with Gasteiger partial charge in [-0.3, -0.25) is 4.55 Å². The molecule has 0 spiro atoms. The summed E-state index contributed by atoms with van der Waals surface area (Å²) in [4.78, 5) is -0.0748. The Morgan fingerprint density at radius 1 is 1.20 bits per heavy atom. The average Bonchev–Trinajstić information content (AvgIpc) is 2.37. The molecule has 1 atom stereocenters. The Labute approximate surface area is 121 Å². The molecule has 1 unspecified atom stereocenters. The molecule has 0 aliphatic rings. The Morgan fingerprint density at radius 3 is 2.25 bits per heavy atom. The minimum atomic E-state index is -4.11. The molecular formula is C15H24O4S. The van der Waals surface area contributed by atoms with Gasteiger partial charge in [-0.05, 0) is 36.5 Å². The van der Waals surface area contributed by atoms with E-state index in [4.69, 9.17) is 9.29 Å². The van der Waals surface area contributed by atoms with E-state index in [9.17, 15) is 8.42 Å². The van der Waals surface area contributed by atoms with Crippen molar-refractivity contribution in [3.05, 3.63) is 29.8 Å². The van der Waals surface area contributed by atoms with Crippen molar-refractivity contribution in [2.75, 3.05) is 6.61 Å². The molecule has 1 N–H and O–H groups in total. The summed E-state index contributed by atoms with van der Waals surface area (Å²) in [5.41, 5.74) is 1.01. The maximum absolute atomic E-state index is 11.0. The van der Waals surface area contributed by atoms with Gasteiger partial charge in [0.05, 0.1) is 11.0 Å². The van der Waals surface area contributed by atoms with Crippen molar-refractivity contribution < 1.29 is 17.7 Å². The minimum absolute atomic E-state index is 0.0748.